The summed E-state index contributed by atoms with van der Waals surface area (Å²) in [5, 5.41) is 21.5. The van der Waals surface area contributed by atoms with Crippen LogP contribution in [0.4, 0.5) is 15.4 Å². The molecular weight excluding hydrogens is 254 g/mol. The third-order valence-corrected chi connectivity index (χ3v) is 2.27. The number of aryl methyl sites for hydroxylation is 1. The van der Waals surface area contributed by atoms with Crippen molar-refractivity contribution in [2.24, 2.45) is 0 Å². The largest absolute Gasteiger partial charge is 0.464 e. The van der Waals surface area contributed by atoms with Crippen LogP contribution in [0.15, 0.2) is 28.9 Å². The van der Waals surface area contributed by atoms with Crippen LogP contribution in [0.2, 0.25) is 0 Å². The van der Waals surface area contributed by atoms with Crippen molar-refractivity contribution in [2.45, 2.75) is 6.92 Å². The Balaban J connectivity index is 2.58. The molecule has 0 radical (unpaired) electrons. The molecule has 0 unspecified atom stereocenters. The zero-order valence-corrected chi connectivity index (χ0v) is 9.77. The lowest BCUT2D eigenvalue weighted by atomic mass is 10.2. The number of hydrogen-bond donors (Lipinski definition) is 2. The van der Waals surface area contributed by atoms with Crippen molar-refractivity contribution in [3.05, 3.63) is 30.1 Å². The van der Waals surface area contributed by atoms with E-state index in [4.69, 9.17) is 14.7 Å². The van der Waals surface area contributed by atoms with Gasteiger partial charge in [0.1, 0.15) is 0 Å². The topological polar surface area (TPSA) is 117 Å². The summed E-state index contributed by atoms with van der Waals surface area (Å²) < 4.78 is 5.00. The van der Waals surface area contributed by atoms with Crippen molar-refractivity contribution in [3.8, 4) is 11.3 Å². The molecule has 0 aliphatic heterocycles. The Hall–Kier alpha value is -2.90. The summed E-state index contributed by atoms with van der Waals surface area (Å²) >= 11 is 0. The number of anilines is 1. The minimum atomic E-state index is -1.65. The van der Waals surface area contributed by atoms with Crippen molar-refractivity contribution in [3.63, 3.8) is 0 Å². The van der Waals surface area contributed by atoms with Gasteiger partial charge in [0.05, 0.1) is 11.3 Å². The molecule has 0 saturated heterocycles. The SMILES string of the molecule is Cc1cc(-c2cccnc2N(C(=O)O)C(=O)O)on1. The Morgan fingerprint density at radius 2 is 2.00 bits per heavy atom. The fraction of sp³-hybridized carbons (Fsp3) is 0.0909. The third kappa shape index (κ3) is 2.37. The first-order valence-electron chi connectivity index (χ1n) is 5.15. The highest BCUT2D eigenvalue weighted by molar-refractivity contribution is 6.09. The van der Waals surface area contributed by atoms with Crippen LogP contribution in [0.3, 0.4) is 0 Å². The summed E-state index contributed by atoms with van der Waals surface area (Å²) in [5.41, 5.74) is 0.815. The van der Waals surface area contributed by atoms with Gasteiger partial charge in [0, 0.05) is 12.3 Å². The van der Waals surface area contributed by atoms with Gasteiger partial charge in [-0.1, -0.05) is 5.16 Å². The van der Waals surface area contributed by atoms with Gasteiger partial charge in [0.25, 0.3) is 0 Å². The molecule has 2 N–H and O–H groups in total. The second-order valence-corrected chi connectivity index (χ2v) is 3.61. The van der Waals surface area contributed by atoms with E-state index in [-0.39, 0.29) is 22.0 Å². The zero-order valence-electron chi connectivity index (χ0n) is 9.77. The summed E-state index contributed by atoms with van der Waals surface area (Å²) in [6.45, 7) is 1.69. The number of carbonyl (C=O) groups is 2. The van der Waals surface area contributed by atoms with E-state index in [0.717, 1.165) is 0 Å². The van der Waals surface area contributed by atoms with Crippen molar-refractivity contribution in [2.75, 3.05) is 4.90 Å². The van der Waals surface area contributed by atoms with Crippen molar-refractivity contribution < 1.29 is 24.3 Å². The molecular formula is C11H9N3O5. The monoisotopic (exact) mass is 263 g/mol. The summed E-state index contributed by atoms with van der Waals surface area (Å²) in [4.78, 5) is 25.9. The normalized spacial score (nSPS) is 10.2. The maximum absolute atomic E-state index is 11.0. The number of rotatable bonds is 2. The zero-order chi connectivity index (χ0) is 14.0. The first-order valence-corrected chi connectivity index (χ1v) is 5.15. The van der Waals surface area contributed by atoms with Gasteiger partial charge < -0.3 is 14.7 Å². The maximum atomic E-state index is 11.0. The van der Waals surface area contributed by atoms with Crippen LogP contribution in [0, 0.1) is 6.92 Å². The molecule has 0 saturated carbocycles. The lowest BCUT2D eigenvalue weighted by Gasteiger charge is -2.14. The Bertz CT molecular complexity index is 623. The predicted molar refractivity (Wildman–Crippen MR) is 63.0 cm³/mol. The first kappa shape index (κ1) is 12.6. The van der Waals surface area contributed by atoms with Crippen LogP contribution in [-0.4, -0.2) is 32.5 Å². The molecule has 0 aliphatic rings. The van der Waals surface area contributed by atoms with Crippen LogP contribution < -0.4 is 4.90 Å². The van der Waals surface area contributed by atoms with E-state index >= 15 is 0 Å². The minimum absolute atomic E-state index is 0.118. The number of imide groups is 1. The van der Waals surface area contributed by atoms with E-state index in [2.05, 4.69) is 10.1 Å². The van der Waals surface area contributed by atoms with Gasteiger partial charge in [-0.15, -0.1) is 0 Å². The number of hydrogen-bond acceptors (Lipinski definition) is 5. The van der Waals surface area contributed by atoms with Crippen LogP contribution in [0.5, 0.6) is 0 Å². The number of amides is 2. The van der Waals surface area contributed by atoms with Crippen LogP contribution in [0.1, 0.15) is 5.69 Å². The lowest BCUT2D eigenvalue weighted by Crippen LogP contribution is -2.35. The van der Waals surface area contributed by atoms with Crippen molar-refractivity contribution >= 4 is 18.0 Å². The highest BCUT2D eigenvalue weighted by atomic mass is 16.5. The summed E-state index contributed by atoms with van der Waals surface area (Å²) in [6.07, 6.45) is -2.01. The standard InChI is InChI=1S/C11H9N3O5/c1-6-5-8(19-13-6)7-3-2-4-12-9(7)14(10(15)16)11(17)18/h2-5H,1H3,(H,15,16)(H,17,18). The Morgan fingerprint density at radius 1 is 1.32 bits per heavy atom. The van der Waals surface area contributed by atoms with Crippen molar-refractivity contribution in [1.29, 1.82) is 0 Å². The molecule has 2 heterocycles. The average Bonchev–Trinajstić information content (AvgIpc) is 2.75. The second kappa shape index (κ2) is 4.77. The minimum Gasteiger partial charge on any atom is -0.464 e. The fourth-order valence-electron chi connectivity index (χ4n) is 1.52. The van der Waals surface area contributed by atoms with E-state index < -0.39 is 12.2 Å². The lowest BCUT2D eigenvalue weighted by molar-refractivity contribution is 0.184. The predicted octanol–water partition coefficient (Wildman–Crippen LogP) is 2.21. The number of carboxylic acid groups (broad SMARTS) is 2. The average molecular weight is 263 g/mol. The molecule has 98 valence electrons. The van der Waals surface area contributed by atoms with Crippen LogP contribution >= 0.6 is 0 Å². The van der Waals surface area contributed by atoms with Gasteiger partial charge in [-0.05, 0) is 19.1 Å². The third-order valence-electron chi connectivity index (χ3n) is 2.27. The van der Waals surface area contributed by atoms with E-state index in [1.165, 1.54) is 12.3 Å². The van der Waals surface area contributed by atoms with Gasteiger partial charge >= 0.3 is 12.2 Å². The maximum Gasteiger partial charge on any atom is 0.422 e. The number of aromatic nitrogens is 2. The highest BCUT2D eigenvalue weighted by Crippen LogP contribution is 2.29. The molecule has 19 heavy (non-hydrogen) atoms. The molecule has 0 atom stereocenters. The molecule has 2 aromatic heterocycles. The Labute approximate surface area is 106 Å². The Kier molecular flexibility index (Phi) is 3.15. The fourth-order valence-corrected chi connectivity index (χ4v) is 1.52. The van der Waals surface area contributed by atoms with Gasteiger partial charge in [-0.3, -0.25) is 0 Å². The van der Waals surface area contributed by atoms with Crippen LogP contribution in [0.25, 0.3) is 11.3 Å². The molecule has 0 bridgehead atoms. The molecule has 8 heteroatoms. The molecule has 0 spiro atoms. The van der Waals surface area contributed by atoms with E-state index in [9.17, 15) is 9.59 Å². The molecule has 0 aromatic carbocycles. The quantitative estimate of drug-likeness (QED) is 0.852. The molecule has 2 aromatic rings. The van der Waals surface area contributed by atoms with E-state index in [1.54, 1.807) is 19.1 Å². The number of pyridine rings is 1. The molecule has 8 nitrogen and oxygen atoms in total. The molecule has 0 aliphatic carbocycles. The highest BCUT2D eigenvalue weighted by Gasteiger charge is 2.27. The molecule has 0 fully saturated rings. The van der Waals surface area contributed by atoms with Gasteiger partial charge in [0.15, 0.2) is 11.6 Å². The molecule has 2 amide bonds. The second-order valence-electron chi connectivity index (χ2n) is 3.61. The summed E-state index contributed by atoms with van der Waals surface area (Å²) in [6, 6.07) is 4.60. The first-order chi connectivity index (χ1) is 9.00. The van der Waals surface area contributed by atoms with E-state index in [0.29, 0.717) is 5.69 Å². The van der Waals surface area contributed by atoms with Gasteiger partial charge in [-0.2, -0.15) is 4.90 Å². The summed E-state index contributed by atoms with van der Waals surface area (Å²) in [5.74, 6) is -0.00764. The molecule has 2 rings (SSSR count). The summed E-state index contributed by atoms with van der Waals surface area (Å²) in [7, 11) is 0. The Morgan fingerprint density at radius 3 is 2.53 bits per heavy atom. The van der Waals surface area contributed by atoms with E-state index in [1.807, 2.05) is 0 Å². The van der Waals surface area contributed by atoms with Crippen molar-refractivity contribution in [1.82, 2.24) is 10.1 Å². The van der Waals surface area contributed by atoms with Crippen LogP contribution in [-0.2, 0) is 0 Å². The van der Waals surface area contributed by atoms with Gasteiger partial charge in [-0.25, -0.2) is 14.6 Å². The van der Waals surface area contributed by atoms with Gasteiger partial charge in [0.2, 0.25) is 0 Å². The smallest absolute Gasteiger partial charge is 0.422 e. The number of nitrogens with zero attached hydrogens (tertiary/aromatic N) is 3.